The minimum absolute atomic E-state index is 1.07. The van der Waals surface area contributed by atoms with E-state index < -0.39 is 7.22 Å². The van der Waals surface area contributed by atoms with Gasteiger partial charge in [0.05, 0.1) is 5.69 Å². The summed E-state index contributed by atoms with van der Waals surface area (Å²) in [6, 6.07) is 16.8. The van der Waals surface area contributed by atoms with Gasteiger partial charge in [0.2, 0.25) is 0 Å². The van der Waals surface area contributed by atoms with Crippen molar-refractivity contribution in [1.29, 1.82) is 0 Å². The Kier molecular flexibility index (Phi) is 4.84. The lowest BCUT2D eigenvalue weighted by Gasteiger charge is -2.16. The molecule has 2 aromatic carbocycles. The summed E-state index contributed by atoms with van der Waals surface area (Å²) >= 11 is 1.99. The van der Waals surface area contributed by atoms with Crippen molar-refractivity contribution in [3.05, 3.63) is 59.7 Å². The molecular weight excluding hydrogens is 278 g/mol. The van der Waals surface area contributed by atoms with Gasteiger partial charge in [-0.1, -0.05) is 61.6 Å². The molecule has 0 unspecified atom stereocenters. The lowest BCUT2D eigenvalue weighted by atomic mass is 10.1. The molecular formula is C17H21NSSi. The first-order chi connectivity index (χ1) is 9.44. The number of benzene rings is 2. The minimum Gasteiger partial charge on any atom is -0.255 e. The molecule has 0 aliphatic rings. The van der Waals surface area contributed by atoms with E-state index in [1.165, 1.54) is 10.5 Å². The zero-order valence-electron chi connectivity index (χ0n) is 12.6. The van der Waals surface area contributed by atoms with Crippen LogP contribution < -0.4 is 0 Å². The van der Waals surface area contributed by atoms with Crippen LogP contribution in [0.4, 0.5) is 5.69 Å². The second kappa shape index (κ2) is 6.42. The number of rotatable bonds is 4. The van der Waals surface area contributed by atoms with E-state index >= 15 is 0 Å². The molecule has 3 heteroatoms. The molecule has 0 N–H and O–H groups in total. The highest BCUT2D eigenvalue weighted by Crippen LogP contribution is 2.35. The summed E-state index contributed by atoms with van der Waals surface area (Å²) in [6.07, 6.45) is 1.95. The van der Waals surface area contributed by atoms with Crippen molar-refractivity contribution in [2.24, 2.45) is 4.99 Å². The highest BCUT2D eigenvalue weighted by molar-refractivity contribution is 8.28. The molecule has 0 saturated heterocycles. The zero-order valence-corrected chi connectivity index (χ0v) is 14.4. The van der Waals surface area contributed by atoms with Crippen LogP contribution in [0.25, 0.3) is 0 Å². The number of para-hydroxylation sites is 1. The molecule has 1 nitrogen and oxygen atoms in total. The van der Waals surface area contributed by atoms with Crippen molar-refractivity contribution in [2.75, 3.05) is 0 Å². The lowest BCUT2D eigenvalue weighted by molar-refractivity contribution is 1.38. The average Bonchev–Trinajstić information content (AvgIpc) is 2.36. The fourth-order valence-electron chi connectivity index (χ4n) is 1.87. The predicted octanol–water partition coefficient (Wildman–Crippen LogP) is 5.67. The van der Waals surface area contributed by atoms with Crippen molar-refractivity contribution in [1.82, 2.24) is 0 Å². The summed E-state index contributed by atoms with van der Waals surface area (Å²) in [7, 11) is -1.20. The van der Waals surface area contributed by atoms with Crippen LogP contribution in [0.2, 0.25) is 19.6 Å². The number of hydrogen-bond acceptors (Lipinski definition) is 2. The zero-order chi connectivity index (χ0) is 14.6. The number of hydrogen-bond donors (Lipinski definition) is 0. The third-order valence-electron chi connectivity index (χ3n) is 2.68. The summed E-state index contributed by atoms with van der Waals surface area (Å²) in [5, 5.41) is 0. The van der Waals surface area contributed by atoms with E-state index in [0.717, 1.165) is 11.3 Å². The van der Waals surface area contributed by atoms with Gasteiger partial charge in [-0.3, -0.25) is 4.99 Å². The highest BCUT2D eigenvalue weighted by atomic mass is 32.4. The van der Waals surface area contributed by atoms with E-state index in [4.69, 9.17) is 0 Å². The molecule has 0 bridgehead atoms. The van der Waals surface area contributed by atoms with Gasteiger partial charge in [0.25, 0.3) is 0 Å². The maximum absolute atomic E-state index is 4.68. The summed E-state index contributed by atoms with van der Waals surface area (Å²) in [5.41, 5.74) is 3.48. The van der Waals surface area contributed by atoms with E-state index in [-0.39, 0.29) is 0 Å². The van der Waals surface area contributed by atoms with Crippen LogP contribution in [0.3, 0.4) is 0 Å². The van der Waals surface area contributed by atoms with Gasteiger partial charge in [0.1, 0.15) is 7.22 Å². The Labute approximate surface area is 126 Å². The topological polar surface area (TPSA) is 12.4 Å². The van der Waals surface area contributed by atoms with Crippen molar-refractivity contribution in [3.8, 4) is 0 Å². The Balaban J connectivity index is 2.25. The van der Waals surface area contributed by atoms with E-state index in [0.29, 0.717) is 0 Å². The predicted molar refractivity (Wildman–Crippen MR) is 94.1 cm³/mol. The molecule has 0 aromatic heterocycles. The third kappa shape index (κ3) is 4.65. The fraction of sp³-hybridized carbons (Fsp3) is 0.235. The van der Waals surface area contributed by atoms with Gasteiger partial charge in [0.15, 0.2) is 0 Å². The van der Waals surface area contributed by atoms with Crippen LogP contribution in [0.15, 0.2) is 58.4 Å². The molecule has 0 amide bonds. The van der Waals surface area contributed by atoms with E-state index in [2.05, 4.69) is 80.1 Å². The van der Waals surface area contributed by atoms with E-state index in [1.807, 2.05) is 17.4 Å². The maximum atomic E-state index is 4.68. The monoisotopic (exact) mass is 299 g/mol. The molecule has 0 atom stereocenters. The first-order valence-electron chi connectivity index (χ1n) is 6.83. The Hall–Kier alpha value is -1.32. The third-order valence-corrected chi connectivity index (χ3v) is 6.35. The van der Waals surface area contributed by atoms with Crippen LogP contribution in [0.1, 0.15) is 11.1 Å². The SMILES string of the molecule is Cc1cccc(/C=N/c2ccccc2S[Si](C)(C)C)c1. The summed E-state index contributed by atoms with van der Waals surface area (Å²) < 4.78 is 0. The van der Waals surface area contributed by atoms with Crippen LogP contribution in [-0.2, 0) is 0 Å². The Morgan fingerprint density at radius 1 is 1.00 bits per heavy atom. The highest BCUT2D eigenvalue weighted by Gasteiger charge is 2.16. The standard InChI is InChI=1S/C17H21NSSi/c1-14-8-7-9-15(12-14)13-18-16-10-5-6-11-17(16)19-20(2,3)4/h5-13H,1-4H3/b18-13+. The number of nitrogens with zero attached hydrogens (tertiary/aromatic N) is 1. The van der Waals surface area contributed by atoms with E-state index in [1.54, 1.807) is 0 Å². The summed E-state index contributed by atoms with van der Waals surface area (Å²) in [4.78, 5) is 5.97. The van der Waals surface area contributed by atoms with Gasteiger partial charge in [-0.25, -0.2) is 0 Å². The fourth-order valence-corrected chi connectivity index (χ4v) is 5.40. The van der Waals surface area contributed by atoms with Crippen molar-refractivity contribution in [3.63, 3.8) is 0 Å². The molecule has 0 saturated carbocycles. The molecule has 0 aliphatic carbocycles. The molecule has 0 heterocycles. The number of aliphatic imine (C=N–C) groups is 1. The van der Waals surface area contributed by atoms with Crippen molar-refractivity contribution in [2.45, 2.75) is 31.5 Å². The lowest BCUT2D eigenvalue weighted by Crippen LogP contribution is -2.13. The average molecular weight is 300 g/mol. The van der Waals surface area contributed by atoms with Gasteiger partial charge < -0.3 is 0 Å². The van der Waals surface area contributed by atoms with Crippen molar-refractivity contribution >= 4 is 30.3 Å². The second-order valence-electron chi connectivity index (χ2n) is 5.85. The molecule has 0 radical (unpaired) electrons. The van der Waals surface area contributed by atoms with Crippen LogP contribution in [0.5, 0.6) is 0 Å². The van der Waals surface area contributed by atoms with Crippen LogP contribution >= 0.6 is 11.2 Å². The molecule has 0 aliphatic heterocycles. The quantitative estimate of drug-likeness (QED) is 0.523. The first-order valence-corrected chi connectivity index (χ1v) is 11.9. The van der Waals surface area contributed by atoms with E-state index in [9.17, 15) is 0 Å². The first kappa shape index (κ1) is 15.1. The van der Waals surface area contributed by atoms with Gasteiger partial charge in [0, 0.05) is 11.1 Å². The van der Waals surface area contributed by atoms with Crippen LogP contribution in [0, 0.1) is 6.92 Å². The molecule has 104 valence electrons. The van der Waals surface area contributed by atoms with Crippen LogP contribution in [-0.4, -0.2) is 13.4 Å². The van der Waals surface area contributed by atoms with Gasteiger partial charge in [-0.15, -0.1) is 11.2 Å². The van der Waals surface area contributed by atoms with Gasteiger partial charge in [-0.05, 0) is 24.6 Å². The molecule has 20 heavy (non-hydrogen) atoms. The molecule has 0 spiro atoms. The number of aryl methyl sites for hydroxylation is 1. The normalized spacial score (nSPS) is 12.0. The molecule has 2 rings (SSSR count). The Morgan fingerprint density at radius 3 is 2.45 bits per heavy atom. The Morgan fingerprint density at radius 2 is 1.75 bits per heavy atom. The summed E-state index contributed by atoms with van der Waals surface area (Å²) in [5.74, 6) is 0. The van der Waals surface area contributed by atoms with Gasteiger partial charge in [-0.2, -0.15) is 0 Å². The maximum Gasteiger partial charge on any atom is 0.114 e. The smallest absolute Gasteiger partial charge is 0.114 e. The summed E-state index contributed by atoms with van der Waals surface area (Å²) in [6.45, 7) is 9.18. The Bertz CT molecular complexity index is 614. The van der Waals surface area contributed by atoms with Crippen molar-refractivity contribution < 1.29 is 0 Å². The van der Waals surface area contributed by atoms with Gasteiger partial charge >= 0.3 is 0 Å². The minimum atomic E-state index is -1.20. The molecule has 0 fully saturated rings. The second-order valence-corrected chi connectivity index (χ2v) is 15.0. The molecule has 2 aromatic rings. The largest absolute Gasteiger partial charge is 0.255 e.